The topological polar surface area (TPSA) is 115 Å². The minimum Gasteiger partial charge on any atom is -0.493 e. The molecule has 2 aromatic carbocycles. The number of carbonyl (C=O) groups is 3. The summed E-state index contributed by atoms with van der Waals surface area (Å²) in [7, 11) is 5.28. The summed E-state index contributed by atoms with van der Waals surface area (Å²) in [4.78, 5) is 38.7. The number of rotatable bonds is 8. The van der Waals surface area contributed by atoms with Crippen LogP contribution in [0.4, 0.5) is 18.0 Å². The van der Waals surface area contributed by atoms with Crippen molar-refractivity contribution in [3.05, 3.63) is 47.5 Å². The number of amides is 4. The van der Waals surface area contributed by atoms with Gasteiger partial charge in [-0.3, -0.25) is 19.8 Å². The molecule has 1 saturated heterocycles. The number of imide groups is 1. The summed E-state index contributed by atoms with van der Waals surface area (Å²) in [6.45, 7) is -0.574. The lowest BCUT2D eigenvalue weighted by molar-refractivity contribution is -0.200. The van der Waals surface area contributed by atoms with Gasteiger partial charge in [0.15, 0.2) is 23.0 Å². The maximum Gasteiger partial charge on any atom is 0.440 e. The number of benzene rings is 2. The van der Waals surface area contributed by atoms with Gasteiger partial charge in [0, 0.05) is 11.1 Å². The van der Waals surface area contributed by atoms with Gasteiger partial charge in [-0.1, -0.05) is 12.1 Å². The maximum atomic E-state index is 14.2. The third-order valence-corrected chi connectivity index (χ3v) is 5.29. The fourth-order valence-electron chi connectivity index (χ4n) is 3.54. The minimum atomic E-state index is -5.38. The summed E-state index contributed by atoms with van der Waals surface area (Å²) < 4.78 is 63.0. The van der Waals surface area contributed by atoms with Crippen molar-refractivity contribution in [2.24, 2.45) is 0 Å². The molecule has 10 nitrogen and oxygen atoms in total. The van der Waals surface area contributed by atoms with Gasteiger partial charge in [-0.05, 0) is 24.3 Å². The van der Waals surface area contributed by atoms with Gasteiger partial charge >= 0.3 is 12.2 Å². The molecule has 0 saturated carbocycles. The molecule has 0 aliphatic carbocycles. The van der Waals surface area contributed by atoms with Crippen LogP contribution in [-0.4, -0.2) is 63.0 Å². The fourth-order valence-corrected chi connectivity index (χ4v) is 3.54. The molecule has 0 unspecified atom stereocenters. The van der Waals surface area contributed by atoms with E-state index in [1.807, 2.05) is 0 Å². The lowest BCUT2D eigenvalue weighted by Gasteiger charge is -2.30. The van der Waals surface area contributed by atoms with E-state index in [2.05, 4.69) is 0 Å². The largest absolute Gasteiger partial charge is 0.493 e. The number of alkyl halides is 3. The van der Waals surface area contributed by atoms with E-state index >= 15 is 0 Å². The van der Waals surface area contributed by atoms with Crippen LogP contribution >= 0.6 is 0 Å². The summed E-state index contributed by atoms with van der Waals surface area (Å²) in [6, 6.07) is 6.79. The molecule has 2 aromatic rings. The van der Waals surface area contributed by atoms with E-state index in [0.717, 1.165) is 6.07 Å². The molecule has 0 radical (unpaired) electrons. The SMILES string of the molecule is COc1ccc(C(=O)N[C@@]2(C(F)(F)F)NC(=O)N(Cc3cccc(OC)c3OC)C2=O)cc1OC. The van der Waals surface area contributed by atoms with Crippen molar-refractivity contribution in [3.63, 3.8) is 0 Å². The Morgan fingerprint density at radius 2 is 1.63 bits per heavy atom. The molecule has 0 aromatic heterocycles. The van der Waals surface area contributed by atoms with Crippen molar-refractivity contribution in [2.45, 2.75) is 18.4 Å². The lowest BCUT2D eigenvalue weighted by Crippen LogP contribution is -2.69. The molecule has 0 spiro atoms. The quantitative estimate of drug-likeness (QED) is 0.539. The highest BCUT2D eigenvalue weighted by Crippen LogP contribution is 2.37. The second kappa shape index (κ2) is 9.60. The van der Waals surface area contributed by atoms with Crippen LogP contribution in [0.15, 0.2) is 36.4 Å². The number of ether oxygens (including phenoxy) is 4. The summed E-state index contributed by atoms with van der Waals surface area (Å²) in [5, 5.41) is 3.24. The third kappa shape index (κ3) is 4.48. The molecule has 1 atom stereocenters. The number of carbonyl (C=O) groups excluding carboxylic acids is 3. The van der Waals surface area contributed by atoms with Gasteiger partial charge in [0.05, 0.1) is 35.0 Å². The molecule has 2 N–H and O–H groups in total. The van der Waals surface area contributed by atoms with Crippen LogP contribution in [0.1, 0.15) is 15.9 Å². The molecule has 188 valence electrons. The molecule has 3 rings (SSSR count). The highest BCUT2D eigenvalue weighted by molar-refractivity contribution is 6.10. The summed E-state index contributed by atoms with van der Waals surface area (Å²) in [6.07, 6.45) is -5.38. The smallest absolute Gasteiger partial charge is 0.440 e. The van der Waals surface area contributed by atoms with Crippen LogP contribution in [0.5, 0.6) is 23.0 Å². The van der Waals surface area contributed by atoms with Gasteiger partial charge in [0.25, 0.3) is 17.5 Å². The summed E-state index contributed by atoms with van der Waals surface area (Å²) >= 11 is 0. The number of hydrogen-bond acceptors (Lipinski definition) is 7. The minimum absolute atomic E-state index is 0.0785. The molecule has 1 aliphatic heterocycles. The second-order valence-electron chi connectivity index (χ2n) is 7.25. The molecular formula is C22H22F3N3O7. The number of nitrogens with zero attached hydrogens (tertiary/aromatic N) is 1. The molecule has 0 bridgehead atoms. The number of hydrogen-bond donors (Lipinski definition) is 2. The van der Waals surface area contributed by atoms with Gasteiger partial charge in [0.2, 0.25) is 0 Å². The standard InChI is InChI=1S/C22H22F3N3O7/c1-32-14-9-8-12(10-16(14)34-3)18(29)26-21(22(23,24)25)19(30)28(20(31)27-21)11-13-6-5-7-15(33-2)17(13)35-4/h5-10H,11H2,1-4H3,(H,26,29)(H,27,31)/t21-/m1/s1. The van der Waals surface area contributed by atoms with Crippen molar-refractivity contribution in [1.82, 2.24) is 15.5 Å². The summed E-state index contributed by atoms with van der Waals surface area (Å²) in [5.41, 5.74) is -3.75. The Morgan fingerprint density at radius 1 is 0.971 bits per heavy atom. The van der Waals surface area contributed by atoms with Crippen molar-refractivity contribution in [1.29, 1.82) is 0 Å². The van der Waals surface area contributed by atoms with Gasteiger partial charge in [0.1, 0.15) is 0 Å². The van der Waals surface area contributed by atoms with Gasteiger partial charge in [-0.25, -0.2) is 4.79 Å². The van der Waals surface area contributed by atoms with Crippen molar-refractivity contribution in [3.8, 4) is 23.0 Å². The Morgan fingerprint density at radius 3 is 2.20 bits per heavy atom. The van der Waals surface area contributed by atoms with E-state index in [4.69, 9.17) is 18.9 Å². The van der Waals surface area contributed by atoms with E-state index < -0.39 is 36.2 Å². The van der Waals surface area contributed by atoms with E-state index in [0.29, 0.717) is 4.90 Å². The van der Waals surface area contributed by atoms with Crippen LogP contribution < -0.4 is 29.6 Å². The molecule has 13 heteroatoms. The predicted octanol–water partition coefficient (Wildman–Crippen LogP) is 2.46. The van der Waals surface area contributed by atoms with Crippen LogP contribution in [0.25, 0.3) is 0 Å². The van der Waals surface area contributed by atoms with Crippen molar-refractivity contribution in [2.75, 3.05) is 28.4 Å². The first-order valence-electron chi connectivity index (χ1n) is 9.98. The Labute approximate surface area is 197 Å². The van der Waals surface area contributed by atoms with E-state index in [9.17, 15) is 27.6 Å². The highest BCUT2D eigenvalue weighted by atomic mass is 19.4. The number of nitrogens with one attached hydrogen (secondary N) is 2. The lowest BCUT2D eigenvalue weighted by atomic mass is 10.1. The third-order valence-electron chi connectivity index (χ3n) is 5.29. The van der Waals surface area contributed by atoms with E-state index in [-0.39, 0.29) is 34.1 Å². The van der Waals surface area contributed by atoms with E-state index in [1.165, 1.54) is 58.8 Å². The summed E-state index contributed by atoms with van der Waals surface area (Å²) in [5.74, 6) is -2.30. The zero-order chi connectivity index (χ0) is 26.0. The van der Waals surface area contributed by atoms with Crippen LogP contribution in [-0.2, 0) is 11.3 Å². The number of para-hydroxylation sites is 1. The normalized spacial score (nSPS) is 17.6. The molecule has 1 fully saturated rings. The molecule has 4 amide bonds. The fraction of sp³-hybridized carbons (Fsp3) is 0.318. The number of methoxy groups -OCH3 is 4. The number of halogens is 3. The molecular weight excluding hydrogens is 475 g/mol. The first kappa shape index (κ1) is 25.5. The van der Waals surface area contributed by atoms with Crippen LogP contribution in [0, 0.1) is 0 Å². The van der Waals surface area contributed by atoms with Crippen molar-refractivity contribution >= 4 is 17.8 Å². The second-order valence-corrected chi connectivity index (χ2v) is 7.25. The Kier molecular flexibility index (Phi) is 6.99. The average Bonchev–Trinajstić information content (AvgIpc) is 3.08. The van der Waals surface area contributed by atoms with Crippen LogP contribution in [0.2, 0.25) is 0 Å². The zero-order valence-electron chi connectivity index (χ0n) is 19.1. The van der Waals surface area contributed by atoms with Gasteiger partial charge < -0.3 is 24.3 Å². The Balaban J connectivity index is 1.96. The first-order chi connectivity index (χ1) is 16.5. The Bertz CT molecular complexity index is 1160. The Hall–Kier alpha value is -4.16. The highest BCUT2D eigenvalue weighted by Gasteiger charge is 2.68. The first-order valence-corrected chi connectivity index (χ1v) is 9.98. The van der Waals surface area contributed by atoms with E-state index in [1.54, 1.807) is 10.6 Å². The van der Waals surface area contributed by atoms with Crippen molar-refractivity contribution < 1.29 is 46.5 Å². The van der Waals surface area contributed by atoms with Crippen LogP contribution in [0.3, 0.4) is 0 Å². The monoisotopic (exact) mass is 497 g/mol. The molecule has 1 heterocycles. The average molecular weight is 497 g/mol. The van der Waals surface area contributed by atoms with Gasteiger partial charge in [-0.15, -0.1) is 0 Å². The maximum absolute atomic E-state index is 14.2. The zero-order valence-corrected chi connectivity index (χ0v) is 19.1. The van der Waals surface area contributed by atoms with Gasteiger partial charge in [-0.2, -0.15) is 13.2 Å². The number of urea groups is 1. The molecule has 35 heavy (non-hydrogen) atoms. The molecule has 1 aliphatic rings. The predicted molar refractivity (Wildman–Crippen MR) is 114 cm³/mol.